The van der Waals surface area contributed by atoms with E-state index in [0.717, 1.165) is 36.1 Å². The molecule has 0 bridgehead atoms. The Bertz CT molecular complexity index is 557. The molecule has 136 valence electrons. The maximum absolute atomic E-state index is 6.20. The summed E-state index contributed by atoms with van der Waals surface area (Å²) in [7, 11) is 2.02. The Labute approximate surface area is 160 Å². The lowest BCUT2D eigenvalue weighted by atomic mass is 10.2. The summed E-state index contributed by atoms with van der Waals surface area (Å²) in [5, 5.41) is 0. The lowest BCUT2D eigenvalue weighted by Gasteiger charge is -2.33. The zero-order valence-corrected chi connectivity index (χ0v) is 18.5. The molecule has 0 aromatic heterocycles. The van der Waals surface area contributed by atoms with Crippen LogP contribution in [0.2, 0.25) is 18.6 Å². The Balaban J connectivity index is 1.91. The Morgan fingerprint density at radius 2 is 2.04 bits per heavy atom. The summed E-state index contributed by atoms with van der Waals surface area (Å²) in [5.74, 6) is 1.66. The average Bonchev–Trinajstić information content (AvgIpc) is 2.45. The third kappa shape index (κ3) is 6.74. The highest BCUT2D eigenvalue weighted by Crippen LogP contribution is 2.34. The van der Waals surface area contributed by atoms with Crippen molar-refractivity contribution in [3.05, 3.63) is 23.8 Å². The van der Waals surface area contributed by atoms with Crippen LogP contribution in [-0.4, -0.2) is 46.7 Å². The molecule has 0 N–H and O–H groups in total. The first kappa shape index (κ1) is 20.4. The van der Waals surface area contributed by atoms with Gasteiger partial charge in [0.1, 0.15) is 11.5 Å². The van der Waals surface area contributed by atoms with Crippen LogP contribution in [-0.2, 0) is 11.0 Å². The molecule has 0 saturated carbocycles. The number of nitrogens with zero attached hydrogens (tertiary/aromatic N) is 1. The minimum absolute atomic E-state index is 0.403. The van der Waals surface area contributed by atoms with Gasteiger partial charge < -0.3 is 18.5 Å². The van der Waals surface area contributed by atoms with Crippen LogP contribution in [0.5, 0.6) is 11.5 Å². The van der Waals surface area contributed by atoms with E-state index in [1.54, 1.807) is 0 Å². The summed E-state index contributed by atoms with van der Waals surface area (Å²) in [6.45, 7) is 4.14. The fraction of sp³-hybridized carbons (Fsp3) is 0.600. The van der Waals surface area contributed by atoms with Gasteiger partial charge in [0.15, 0.2) is 0 Å². The van der Waals surface area contributed by atoms with E-state index in [2.05, 4.69) is 25.5 Å². The van der Waals surface area contributed by atoms with Crippen LogP contribution in [0.3, 0.4) is 0 Å². The SMILES string of the molecule is CN(C)CCC[Si]1(C)OCc2cc(OCC[Si](Cl)(Cl)Cl)ccc2O1. The third-order valence-electron chi connectivity index (χ3n) is 3.78. The van der Waals surface area contributed by atoms with Gasteiger partial charge in [-0.3, -0.25) is 0 Å². The maximum atomic E-state index is 6.20. The number of hydrogen-bond acceptors (Lipinski definition) is 4. The molecule has 1 aliphatic rings. The minimum Gasteiger partial charge on any atom is -0.520 e. The van der Waals surface area contributed by atoms with Crippen molar-refractivity contribution in [2.75, 3.05) is 27.2 Å². The smallest absolute Gasteiger partial charge is 0.395 e. The predicted molar refractivity (Wildman–Crippen MR) is 105 cm³/mol. The van der Waals surface area contributed by atoms with E-state index in [4.69, 9.17) is 46.8 Å². The van der Waals surface area contributed by atoms with Crippen molar-refractivity contribution in [3.63, 3.8) is 0 Å². The summed E-state index contributed by atoms with van der Waals surface area (Å²) < 4.78 is 17.9. The first-order chi connectivity index (χ1) is 11.2. The fourth-order valence-electron chi connectivity index (χ4n) is 2.47. The Morgan fingerprint density at radius 1 is 1.29 bits per heavy atom. The van der Waals surface area contributed by atoms with Crippen LogP contribution >= 0.6 is 33.2 Å². The molecule has 1 aliphatic heterocycles. The number of benzene rings is 1. The average molecular weight is 429 g/mol. The van der Waals surface area contributed by atoms with E-state index in [0.29, 0.717) is 19.3 Å². The van der Waals surface area contributed by atoms with Crippen LogP contribution in [0.4, 0.5) is 0 Å². The van der Waals surface area contributed by atoms with Crippen molar-refractivity contribution < 1.29 is 13.6 Å². The molecule has 4 nitrogen and oxygen atoms in total. The normalized spacial score (nSPS) is 20.6. The number of hydrogen-bond donors (Lipinski definition) is 0. The highest BCUT2D eigenvalue weighted by atomic mass is 35.8. The highest BCUT2D eigenvalue weighted by molar-refractivity contribution is 7.64. The summed E-state index contributed by atoms with van der Waals surface area (Å²) >= 11 is 17.6. The maximum Gasteiger partial charge on any atom is 0.395 e. The molecule has 1 aromatic rings. The summed E-state index contributed by atoms with van der Waals surface area (Å²) in [6.07, 6.45) is 1.08. The van der Waals surface area contributed by atoms with Crippen LogP contribution in [0.15, 0.2) is 18.2 Å². The second kappa shape index (κ2) is 8.62. The molecular weight excluding hydrogens is 405 g/mol. The second-order valence-electron chi connectivity index (χ2n) is 6.41. The molecule has 1 aromatic carbocycles. The van der Waals surface area contributed by atoms with Gasteiger partial charge in [-0.25, -0.2) is 0 Å². The Kier molecular flexibility index (Phi) is 7.31. The largest absolute Gasteiger partial charge is 0.520 e. The van der Waals surface area contributed by atoms with Crippen LogP contribution in [0, 0.1) is 0 Å². The van der Waals surface area contributed by atoms with Crippen molar-refractivity contribution in [1.82, 2.24) is 4.90 Å². The van der Waals surface area contributed by atoms with Gasteiger partial charge in [0.05, 0.1) is 13.2 Å². The lowest BCUT2D eigenvalue weighted by molar-refractivity contribution is 0.202. The van der Waals surface area contributed by atoms with E-state index in [9.17, 15) is 0 Å². The number of fused-ring (bicyclic) bond motifs is 1. The molecule has 0 saturated heterocycles. The first-order valence-corrected chi connectivity index (χ1v) is 15.7. The molecule has 0 fully saturated rings. The van der Waals surface area contributed by atoms with Crippen LogP contribution in [0.1, 0.15) is 12.0 Å². The van der Waals surface area contributed by atoms with Gasteiger partial charge in [-0.2, -0.15) is 0 Å². The van der Waals surface area contributed by atoms with Crippen molar-refractivity contribution >= 4 is 47.8 Å². The van der Waals surface area contributed by atoms with Gasteiger partial charge in [0, 0.05) is 17.7 Å². The molecule has 0 radical (unpaired) electrons. The summed E-state index contributed by atoms with van der Waals surface area (Å²) in [4.78, 5) is 2.18. The highest BCUT2D eigenvalue weighted by Gasteiger charge is 2.37. The molecule has 1 atom stereocenters. The standard InChI is InChI=1S/C15H24Cl3NO3Si2/c1-19(2)7-4-9-23(3)21-12-13-11-14(5-6-15(13)22-23)20-8-10-24(16,17)18/h5-6,11H,4,7-10,12H2,1-3H3. The molecule has 9 heteroatoms. The van der Waals surface area contributed by atoms with Crippen molar-refractivity contribution in [2.24, 2.45) is 0 Å². The van der Waals surface area contributed by atoms with Gasteiger partial charge in [0.2, 0.25) is 0 Å². The number of halogens is 3. The van der Waals surface area contributed by atoms with Crippen molar-refractivity contribution in [2.45, 2.75) is 31.7 Å². The lowest BCUT2D eigenvalue weighted by Crippen LogP contribution is -2.45. The van der Waals surface area contributed by atoms with Gasteiger partial charge in [-0.05, 0) is 51.8 Å². The minimum atomic E-state index is -2.64. The molecular formula is C15H24Cl3NO3Si2. The van der Waals surface area contributed by atoms with Crippen molar-refractivity contribution in [1.29, 1.82) is 0 Å². The molecule has 0 spiro atoms. The van der Waals surface area contributed by atoms with Gasteiger partial charge >= 0.3 is 14.6 Å². The predicted octanol–water partition coefficient (Wildman–Crippen LogP) is 4.65. The summed E-state index contributed by atoms with van der Waals surface area (Å²) in [6, 6.07) is 4.62. The van der Waals surface area contributed by atoms with E-state index >= 15 is 0 Å². The quantitative estimate of drug-likeness (QED) is 0.445. The number of ether oxygens (including phenoxy) is 1. The van der Waals surface area contributed by atoms with Gasteiger partial charge in [0.25, 0.3) is 0 Å². The Morgan fingerprint density at radius 3 is 2.71 bits per heavy atom. The van der Waals surface area contributed by atoms with E-state index in [1.165, 1.54) is 0 Å². The molecule has 0 amide bonds. The monoisotopic (exact) mass is 427 g/mol. The van der Waals surface area contributed by atoms with E-state index in [1.807, 2.05) is 18.2 Å². The van der Waals surface area contributed by atoms with Gasteiger partial charge in [-0.1, -0.05) is 0 Å². The van der Waals surface area contributed by atoms with Crippen LogP contribution in [0.25, 0.3) is 0 Å². The number of rotatable bonds is 8. The first-order valence-electron chi connectivity index (χ1n) is 7.97. The molecule has 2 rings (SSSR count). The third-order valence-corrected chi connectivity index (χ3v) is 8.92. The zero-order valence-electron chi connectivity index (χ0n) is 14.3. The zero-order chi connectivity index (χ0) is 17.8. The van der Waals surface area contributed by atoms with Crippen molar-refractivity contribution in [3.8, 4) is 11.5 Å². The Hall–Kier alpha value is 0.0438. The van der Waals surface area contributed by atoms with Crippen LogP contribution < -0.4 is 9.16 Å². The molecule has 1 heterocycles. The summed E-state index contributed by atoms with van der Waals surface area (Å²) in [5.41, 5.74) is 1.01. The van der Waals surface area contributed by atoms with E-state index < -0.39 is 14.6 Å². The molecule has 0 aliphatic carbocycles. The fourth-order valence-corrected chi connectivity index (χ4v) is 5.73. The molecule has 24 heavy (non-hydrogen) atoms. The molecule has 1 unspecified atom stereocenters. The van der Waals surface area contributed by atoms with E-state index in [-0.39, 0.29) is 0 Å². The second-order valence-corrected chi connectivity index (χ2v) is 19.0. The van der Waals surface area contributed by atoms with Gasteiger partial charge in [-0.15, -0.1) is 33.2 Å². The topological polar surface area (TPSA) is 30.9 Å².